The first-order valence-corrected chi connectivity index (χ1v) is 13.7. The fourth-order valence-corrected chi connectivity index (χ4v) is 5.92. The third kappa shape index (κ3) is 4.57. The third-order valence-electron chi connectivity index (χ3n) is 8.08. The van der Waals surface area contributed by atoms with Crippen molar-refractivity contribution in [2.24, 2.45) is 10.9 Å². The zero-order valence-electron chi connectivity index (χ0n) is 23.2. The van der Waals surface area contributed by atoms with E-state index in [-0.39, 0.29) is 23.4 Å². The summed E-state index contributed by atoms with van der Waals surface area (Å²) in [7, 11) is 1.71. The molecule has 3 atom stereocenters. The van der Waals surface area contributed by atoms with Crippen LogP contribution in [0.2, 0.25) is 0 Å². The molecule has 1 aromatic carbocycles. The number of β-amino-alcohol motifs (C(OH)–C–C–N with tert-alkyl or cyclic N) is 1. The molecule has 0 spiro atoms. The van der Waals surface area contributed by atoms with Crippen LogP contribution in [0.25, 0.3) is 16.7 Å². The molecule has 1 amide bonds. The monoisotopic (exact) mass is 544 g/mol. The molecule has 2 saturated heterocycles. The quantitative estimate of drug-likeness (QED) is 0.391. The molecule has 0 saturated carbocycles. The lowest BCUT2D eigenvalue weighted by Crippen LogP contribution is -2.39. The molecule has 10 nitrogen and oxygen atoms in total. The van der Waals surface area contributed by atoms with Crippen LogP contribution in [0.4, 0.5) is 10.2 Å². The smallest absolute Gasteiger partial charge is 0.256 e. The van der Waals surface area contributed by atoms with Gasteiger partial charge in [-0.2, -0.15) is 5.10 Å². The number of aliphatic hydroxyl groups is 1. The van der Waals surface area contributed by atoms with E-state index in [1.54, 1.807) is 22.7 Å². The normalized spacial score (nSPS) is 21.8. The zero-order chi connectivity index (χ0) is 28.1. The van der Waals surface area contributed by atoms with Crippen molar-refractivity contribution in [1.29, 1.82) is 0 Å². The molecule has 2 fully saturated rings. The second kappa shape index (κ2) is 10.2. The van der Waals surface area contributed by atoms with Crippen molar-refractivity contribution in [3.8, 4) is 0 Å². The van der Waals surface area contributed by atoms with Crippen LogP contribution in [0.5, 0.6) is 0 Å². The second-order valence-electron chi connectivity index (χ2n) is 10.9. The molecule has 2 aliphatic rings. The first-order valence-electron chi connectivity index (χ1n) is 13.7. The molecular formula is C29H33FN8O2. The van der Waals surface area contributed by atoms with E-state index < -0.39 is 11.9 Å². The summed E-state index contributed by atoms with van der Waals surface area (Å²) in [6.45, 7) is 7.30. The Balaban J connectivity index is 1.35. The number of rotatable bonds is 4. The second-order valence-corrected chi connectivity index (χ2v) is 10.9. The van der Waals surface area contributed by atoms with Gasteiger partial charge in [0.15, 0.2) is 5.65 Å². The minimum atomic E-state index is -0.513. The van der Waals surface area contributed by atoms with Gasteiger partial charge in [-0.3, -0.25) is 4.79 Å². The van der Waals surface area contributed by atoms with Gasteiger partial charge in [-0.05, 0) is 46.1 Å². The highest BCUT2D eigenvalue weighted by Crippen LogP contribution is 2.34. The van der Waals surface area contributed by atoms with E-state index in [1.165, 1.54) is 12.1 Å². The predicted molar refractivity (Wildman–Crippen MR) is 150 cm³/mol. The molecule has 40 heavy (non-hydrogen) atoms. The van der Waals surface area contributed by atoms with Crippen LogP contribution in [-0.2, 0) is 0 Å². The van der Waals surface area contributed by atoms with Gasteiger partial charge in [-0.1, -0.05) is 0 Å². The molecule has 0 aliphatic carbocycles. The molecule has 3 aromatic heterocycles. The summed E-state index contributed by atoms with van der Waals surface area (Å²) in [5.74, 6) is -0.0252. The van der Waals surface area contributed by atoms with Crippen LogP contribution in [0.15, 0.2) is 29.4 Å². The maximum Gasteiger partial charge on any atom is 0.256 e. The predicted octanol–water partition coefficient (Wildman–Crippen LogP) is 3.60. The number of halogens is 1. The van der Waals surface area contributed by atoms with Crippen molar-refractivity contribution in [2.45, 2.75) is 52.2 Å². The number of aliphatic imine (C=N–C) groups is 1. The van der Waals surface area contributed by atoms with E-state index in [0.717, 1.165) is 36.3 Å². The van der Waals surface area contributed by atoms with Gasteiger partial charge in [-0.15, -0.1) is 0 Å². The molecule has 1 N–H and O–H groups in total. The van der Waals surface area contributed by atoms with Gasteiger partial charge in [0.05, 0.1) is 40.3 Å². The zero-order valence-corrected chi connectivity index (χ0v) is 23.2. The number of aromatic nitrogens is 5. The van der Waals surface area contributed by atoms with Crippen molar-refractivity contribution < 1.29 is 14.3 Å². The van der Waals surface area contributed by atoms with Crippen molar-refractivity contribution in [3.63, 3.8) is 0 Å². The maximum absolute atomic E-state index is 14.6. The molecule has 0 radical (unpaired) electrons. The number of anilines is 1. The Morgan fingerprint density at radius 3 is 2.70 bits per heavy atom. The van der Waals surface area contributed by atoms with Gasteiger partial charge in [-0.25, -0.2) is 23.9 Å². The number of aliphatic hydroxyl groups excluding tert-OH is 1. The lowest BCUT2D eigenvalue weighted by atomic mass is 9.97. The number of aryl methyl sites for hydroxylation is 3. The molecule has 4 aromatic rings. The van der Waals surface area contributed by atoms with Crippen LogP contribution in [0, 0.1) is 32.5 Å². The van der Waals surface area contributed by atoms with E-state index >= 15 is 0 Å². The third-order valence-corrected chi connectivity index (χ3v) is 8.08. The fourth-order valence-electron chi connectivity index (χ4n) is 5.92. The topological polar surface area (TPSA) is 112 Å². The first kappa shape index (κ1) is 26.2. The average molecular weight is 545 g/mol. The van der Waals surface area contributed by atoms with Crippen LogP contribution in [0.3, 0.4) is 0 Å². The fraction of sp³-hybridized carbons (Fsp3) is 0.448. The van der Waals surface area contributed by atoms with E-state index in [1.807, 2.05) is 33.0 Å². The van der Waals surface area contributed by atoms with Gasteiger partial charge >= 0.3 is 0 Å². The van der Waals surface area contributed by atoms with Gasteiger partial charge in [0.1, 0.15) is 17.2 Å². The average Bonchev–Trinajstić information content (AvgIpc) is 3.51. The van der Waals surface area contributed by atoms with Crippen molar-refractivity contribution in [3.05, 3.63) is 58.4 Å². The summed E-state index contributed by atoms with van der Waals surface area (Å²) in [6.07, 6.45) is 5.78. The minimum Gasteiger partial charge on any atom is -0.391 e. The Bertz CT molecular complexity index is 1650. The van der Waals surface area contributed by atoms with Crippen LogP contribution in [-0.4, -0.2) is 79.5 Å². The Labute approximate surface area is 231 Å². The maximum atomic E-state index is 14.6. The molecule has 6 rings (SSSR count). The number of amides is 1. The number of hydrogen-bond donors (Lipinski definition) is 1. The van der Waals surface area contributed by atoms with Crippen molar-refractivity contribution in [2.75, 3.05) is 31.6 Å². The molecule has 11 heteroatoms. The number of carbonyl (C=O) groups excluding carboxylic acids is 1. The van der Waals surface area contributed by atoms with Gasteiger partial charge < -0.3 is 19.9 Å². The number of hydrogen-bond acceptors (Lipinski definition) is 8. The number of benzene rings is 1. The van der Waals surface area contributed by atoms with E-state index in [0.29, 0.717) is 47.7 Å². The lowest BCUT2D eigenvalue weighted by Gasteiger charge is -2.35. The number of piperidine rings is 1. The summed E-state index contributed by atoms with van der Waals surface area (Å²) < 4.78 is 16.4. The van der Waals surface area contributed by atoms with Gasteiger partial charge in [0, 0.05) is 62.7 Å². The number of likely N-dealkylation sites (tertiary alicyclic amines) is 1. The van der Waals surface area contributed by atoms with E-state index in [2.05, 4.69) is 19.9 Å². The van der Waals surface area contributed by atoms with E-state index in [9.17, 15) is 14.3 Å². The van der Waals surface area contributed by atoms with Crippen LogP contribution >= 0.6 is 0 Å². The number of fused-ring (bicyclic) bond motifs is 2. The Kier molecular flexibility index (Phi) is 6.69. The van der Waals surface area contributed by atoms with Gasteiger partial charge in [0.25, 0.3) is 5.91 Å². The largest absolute Gasteiger partial charge is 0.391 e. The highest BCUT2D eigenvalue weighted by Gasteiger charge is 2.34. The number of carbonyl (C=O) groups is 1. The molecule has 5 heterocycles. The molecular weight excluding hydrogens is 511 g/mol. The van der Waals surface area contributed by atoms with Crippen LogP contribution < -0.4 is 4.90 Å². The molecule has 0 bridgehead atoms. The SMILES string of the molecule is CN=C[C@@H]1CN(c2nc3cc([C@@H]4CCCCN4C(=O)c4cc(F)cc5nc(C)c(C)nc45)nn3cc2C)C[C@@H]1O. The first-order chi connectivity index (χ1) is 19.2. The highest BCUT2D eigenvalue weighted by molar-refractivity contribution is 6.05. The molecule has 0 unspecified atom stereocenters. The molecule has 208 valence electrons. The van der Waals surface area contributed by atoms with Crippen LogP contribution in [0.1, 0.15) is 58.3 Å². The summed E-state index contributed by atoms with van der Waals surface area (Å²) in [5, 5.41) is 15.3. The molecule has 2 aliphatic heterocycles. The lowest BCUT2D eigenvalue weighted by molar-refractivity contribution is 0.0607. The Hall–Kier alpha value is -3.99. The van der Waals surface area contributed by atoms with E-state index in [4.69, 9.17) is 10.1 Å². The summed E-state index contributed by atoms with van der Waals surface area (Å²) in [5.41, 5.74) is 4.77. The Morgan fingerprint density at radius 1 is 1.10 bits per heavy atom. The van der Waals surface area contributed by atoms with Crippen molar-refractivity contribution >= 4 is 34.6 Å². The van der Waals surface area contributed by atoms with Crippen molar-refractivity contribution in [1.82, 2.24) is 29.5 Å². The Morgan fingerprint density at radius 2 is 1.90 bits per heavy atom. The summed E-state index contributed by atoms with van der Waals surface area (Å²) >= 11 is 0. The minimum absolute atomic E-state index is 0.0407. The van der Waals surface area contributed by atoms with Gasteiger partial charge in [0.2, 0.25) is 0 Å². The highest BCUT2D eigenvalue weighted by atomic mass is 19.1. The summed E-state index contributed by atoms with van der Waals surface area (Å²) in [4.78, 5) is 35.9. The summed E-state index contributed by atoms with van der Waals surface area (Å²) in [6, 6.07) is 4.24. The standard InChI is InChI=1S/C29H33FN8O2/c1-16-13-38-26(34-28(16)36-14-19(12-31-4)25(39)15-36)11-22(35-38)24-7-5-6-8-37(24)29(40)21-9-20(30)10-23-27(21)33-18(3)17(2)32-23/h9-13,19,24-25,39H,5-8,14-15H2,1-4H3/t19-,24+,25+/m1/s1. The number of nitrogens with zero attached hydrogens (tertiary/aromatic N) is 8.